The molecule has 18 heavy (non-hydrogen) atoms. The lowest BCUT2D eigenvalue weighted by Gasteiger charge is -2.13. The third-order valence-electron chi connectivity index (χ3n) is 2.92. The fraction of sp³-hybridized carbons (Fsp3) is 0.125. The molecule has 1 atom stereocenters. The first-order chi connectivity index (χ1) is 8.72. The van der Waals surface area contributed by atoms with Gasteiger partial charge in [-0.15, -0.1) is 0 Å². The van der Waals surface area contributed by atoms with Gasteiger partial charge in [0.2, 0.25) is 5.78 Å². The van der Waals surface area contributed by atoms with Crippen LogP contribution in [0, 0.1) is 18.3 Å². The van der Waals surface area contributed by atoms with Gasteiger partial charge >= 0.3 is 0 Å². The van der Waals surface area contributed by atoms with Gasteiger partial charge in [0.1, 0.15) is 6.07 Å². The van der Waals surface area contributed by atoms with Crippen LogP contribution in [-0.4, -0.2) is 5.78 Å². The maximum Gasteiger partial charge on any atom is 0.243 e. The van der Waals surface area contributed by atoms with Crippen LogP contribution in [0.5, 0.6) is 0 Å². The molecular formula is C16H13NO. The Morgan fingerprint density at radius 2 is 1.56 bits per heavy atom. The molecule has 88 valence electrons. The van der Waals surface area contributed by atoms with E-state index in [-0.39, 0.29) is 0 Å². The molecule has 2 rings (SSSR count). The largest absolute Gasteiger partial charge is 0.282 e. The SMILES string of the molecule is Cc1ccc(C(C(=O)C#N)c2ccccc2)cc1. The quantitative estimate of drug-likeness (QED) is 0.766. The Morgan fingerprint density at radius 1 is 1.00 bits per heavy atom. The van der Waals surface area contributed by atoms with Crippen molar-refractivity contribution in [3.8, 4) is 6.07 Å². The van der Waals surface area contributed by atoms with E-state index in [1.807, 2.05) is 61.5 Å². The zero-order valence-corrected chi connectivity index (χ0v) is 10.1. The first-order valence-corrected chi connectivity index (χ1v) is 5.78. The van der Waals surface area contributed by atoms with Gasteiger partial charge in [-0.3, -0.25) is 4.79 Å². The smallest absolute Gasteiger partial charge is 0.243 e. The third-order valence-corrected chi connectivity index (χ3v) is 2.92. The fourth-order valence-electron chi connectivity index (χ4n) is 1.96. The van der Waals surface area contributed by atoms with E-state index in [1.165, 1.54) is 0 Å². The highest BCUT2D eigenvalue weighted by molar-refractivity contribution is 6.00. The number of ketones is 1. The Hall–Kier alpha value is -2.40. The van der Waals surface area contributed by atoms with E-state index in [0.717, 1.165) is 16.7 Å². The van der Waals surface area contributed by atoms with Crippen molar-refractivity contribution in [2.75, 3.05) is 0 Å². The average Bonchev–Trinajstić information content (AvgIpc) is 2.42. The number of hydrogen-bond donors (Lipinski definition) is 0. The van der Waals surface area contributed by atoms with Crippen LogP contribution in [0.2, 0.25) is 0 Å². The van der Waals surface area contributed by atoms with Gasteiger partial charge in [0, 0.05) is 0 Å². The topological polar surface area (TPSA) is 40.9 Å². The predicted octanol–water partition coefficient (Wildman–Crippen LogP) is 3.22. The van der Waals surface area contributed by atoms with Crippen LogP contribution in [0.1, 0.15) is 22.6 Å². The number of rotatable bonds is 3. The summed E-state index contributed by atoms with van der Waals surface area (Å²) in [7, 11) is 0. The number of benzene rings is 2. The number of nitrogens with zero attached hydrogens (tertiary/aromatic N) is 1. The van der Waals surface area contributed by atoms with Crippen LogP contribution < -0.4 is 0 Å². The van der Waals surface area contributed by atoms with Crippen LogP contribution >= 0.6 is 0 Å². The second-order valence-corrected chi connectivity index (χ2v) is 4.23. The van der Waals surface area contributed by atoms with Crippen molar-refractivity contribution in [2.24, 2.45) is 0 Å². The van der Waals surface area contributed by atoms with Crippen molar-refractivity contribution in [3.63, 3.8) is 0 Å². The number of carbonyl (C=O) groups excluding carboxylic acids is 1. The molecule has 0 saturated heterocycles. The minimum Gasteiger partial charge on any atom is -0.282 e. The monoisotopic (exact) mass is 235 g/mol. The molecule has 0 aliphatic carbocycles. The van der Waals surface area contributed by atoms with Crippen molar-refractivity contribution in [3.05, 3.63) is 71.3 Å². The molecule has 0 N–H and O–H groups in total. The molecule has 0 aliphatic heterocycles. The van der Waals surface area contributed by atoms with Crippen molar-refractivity contribution in [2.45, 2.75) is 12.8 Å². The van der Waals surface area contributed by atoms with E-state index < -0.39 is 11.7 Å². The second-order valence-electron chi connectivity index (χ2n) is 4.23. The Kier molecular flexibility index (Phi) is 3.54. The molecule has 2 aromatic rings. The Morgan fingerprint density at radius 3 is 2.11 bits per heavy atom. The summed E-state index contributed by atoms with van der Waals surface area (Å²) in [5, 5.41) is 8.88. The Labute approximate surface area is 107 Å². The normalized spacial score (nSPS) is 11.6. The Balaban J connectivity index is 2.48. The van der Waals surface area contributed by atoms with Gasteiger partial charge in [-0.05, 0) is 18.1 Å². The van der Waals surface area contributed by atoms with Crippen LogP contribution in [0.15, 0.2) is 54.6 Å². The molecular weight excluding hydrogens is 222 g/mol. The molecule has 0 spiro atoms. The third kappa shape index (κ3) is 2.46. The summed E-state index contributed by atoms with van der Waals surface area (Å²) in [6.07, 6.45) is 0. The first-order valence-electron chi connectivity index (χ1n) is 5.78. The predicted molar refractivity (Wildman–Crippen MR) is 70.1 cm³/mol. The highest BCUT2D eigenvalue weighted by Crippen LogP contribution is 2.25. The minimum absolute atomic E-state index is 0.426. The van der Waals surface area contributed by atoms with Gasteiger partial charge < -0.3 is 0 Å². The zero-order chi connectivity index (χ0) is 13.0. The van der Waals surface area contributed by atoms with E-state index in [0.29, 0.717) is 0 Å². The molecule has 0 bridgehead atoms. The van der Waals surface area contributed by atoms with E-state index >= 15 is 0 Å². The van der Waals surface area contributed by atoms with E-state index in [2.05, 4.69) is 0 Å². The first kappa shape index (κ1) is 12.1. The number of Topliss-reactive ketones (excluding diaryl/α,β-unsaturated/α-hetero) is 1. The molecule has 0 saturated carbocycles. The number of aryl methyl sites for hydroxylation is 1. The average molecular weight is 235 g/mol. The van der Waals surface area contributed by atoms with Gasteiger partial charge in [-0.2, -0.15) is 5.26 Å². The molecule has 2 heteroatoms. The molecule has 0 amide bonds. The molecule has 0 aliphatic rings. The fourth-order valence-corrected chi connectivity index (χ4v) is 1.96. The van der Waals surface area contributed by atoms with Gasteiger partial charge in [0.25, 0.3) is 0 Å². The number of nitriles is 1. The summed E-state index contributed by atoms with van der Waals surface area (Å²) in [5.74, 6) is -0.915. The maximum atomic E-state index is 11.8. The molecule has 2 aromatic carbocycles. The Bertz CT molecular complexity index is 579. The summed E-state index contributed by atoms with van der Waals surface area (Å²) in [5.41, 5.74) is 2.85. The molecule has 0 aromatic heterocycles. The summed E-state index contributed by atoms with van der Waals surface area (Å²) >= 11 is 0. The van der Waals surface area contributed by atoms with Crippen LogP contribution in [0.25, 0.3) is 0 Å². The highest BCUT2D eigenvalue weighted by Gasteiger charge is 2.21. The zero-order valence-electron chi connectivity index (χ0n) is 10.1. The van der Waals surface area contributed by atoms with Crippen LogP contribution in [-0.2, 0) is 4.79 Å². The van der Waals surface area contributed by atoms with E-state index in [9.17, 15) is 4.79 Å². The highest BCUT2D eigenvalue weighted by atomic mass is 16.1. The van der Waals surface area contributed by atoms with Crippen LogP contribution in [0.4, 0.5) is 0 Å². The van der Waals surface area contributed by atoms with Crippen LogP contribution in [0.3, 0.4) is 0 Å². The molecule has 0 heterocycles. The summed E-state index contributed by atoms with van der Waals surface area (Å²) in [6.45, 7) is 1.99. The second kappa shape index (κ2) is 5.29. The lowest BCUT2D eigenvalue weighted by molar-refractivity contribution is -0.114. The van der Waals surface area contributed by atoms with Gasteiger partial charge in [-0.1, -0.05) is 60.2 Å². The van der Waals surface area contributed by atoms with E-state index in [1.54, 1.807) is 6.07 Å². The van der Waals surface area contributed by atoms with Crippen molar-refractivity contribution >= 4 is 5.78 Å². The number of hydrogen-bond acceptors (Lipinski definition) is 2. The summed E-state index contributed by atoms with van der Waals surface area (Å²) < 4.78 is 0. The molecule has 2 nitrogen and oxygen atoms in total. The van der Waals surface area contributed by atoms with Gasteiger partial charge in [0.15, 0.2) is 0 Å². The van der Waals surface area contributed by atoms with Crippen molar-refractivity contribution in [1.29, 1.82) is 5.26 Å². The number of carbonyl (C=O) groups is 1. The van der Waals surface area contributed by atoms with Crippen molar-refractivity contribution < 1.29 is 4.79 Å². The summed E-state index contributed by atoms with van der Waals surface area (Å²) in [6, 6.07) is 18.9. The summed E-state index contributed by atoms with van der Waals surface area (Å²) in [4.78, 5) is 11.8. The molecule has 1 unspecified atom stereocenters. The van der Waals surface area contributed by atoms with Gasteiger partial charge in [0.05, 0.1) is 5.92 Å². The standard InChI is InChI=1S/C16H13NO/c1-12-7-9-14(10-8-12)16(15(18)11-17)13-5-3-2-4-6-13/h2-10,16H,1H3. The van der Waals surface area contributed by atoms with E-state index in [4.69, 9.17) is 5.26 Å². The van der Waals surface area contributed by atoms with Gasteiger partial charge in [-0.25, -0.2) is 0 Å². The lowest BCUT2D eigenvalue weighted by atomic mass is 9.88. The molecule has 0 fully saturated rings. The van der Waals surface area contributed by atoms with Crippen molar-refractivity contribution in [1.82, 2.24) is 0 Å². The molecule has 0 radical (unpaired) electrons. The lowest BCUT2D eigenvalue weighted by Crippen LogP contribution is -2.11. The maximum absolute atomic E-state index is 11.8. The minimum atomic E-state index is -0.489.